The second-order valence-corrected chi connectivity index (χ2v) is 2.04. The SMILES string of the molecule is C/C=C/C(O)C#CCCC. The predicted octanol–water partition coefficient (Wildman–Crippen LogP) is 1.73. The maximum atomic E-state index is 9.02. The van der Waals surface area contributed by atoms with E-state index in [0.717, 1.165) is 12.8 Å². The Morgan fingerprint density at radius 1 is 1.60 bits per heavy atom. The smallest absolute Gasteiger partial charge is 0.133 e. The van der Waals surface area contributed by atoms with Crippen LogP contribution in [0.3, 0.4) is 0 Å². The van der Waals surface area contributed by atoms with Crippen molar-refractivity contribution in [1.29, 1.82) is 0 Å². The Morgan fingerprint density at radius 2 is 2.30 bits per heavy atom. The Labute approximate surface area is 62.8 Å². The van der Waals surface area contributed by atoms with Crippen LogP contribution in [0.15, 0.2) is 12.2 Å². The molecule has 1 nitrogen and oxygen atoms in total. The summed E-state index contributed by atoms with van der Waals surface area (Å²) < 4.78 is 0. The number of aliphatic hydroxyl groups is 1. The molecule has 0 radical (unpaired) electrons. The van der Waals surface area contributed by atoms with E-state index in [9.17, 15) is 0 Å². The molecule has 1 heteroatoms. The van der Waals surface area contributed by atoms with E-state index in [4.69, 9.17) is 5.11 Å². The van der Waals surface area contributed by atoms with Crippen LogP contribution in [0.5, 0.6) is 0 Å². The molecule has 0 rings (SSSR count). The highest BCUT2D eigenvalue weighted by Crippen LogP contribution is 1.85. The van der Waals surface area contributed by atoms with E-state index in [-0.39, 0.29) is 0 Å². The maximum absolute atomic E-state index is 9.02. The van der Waals surface area contributed by atoms with Crippen LogP contribution in [0.2, 0.25) is 0 Å². The molecular weight excluding hydrogens is 124 g/mol. The van der Waals surface area contributed by atoms with Gasteiger partial charge in [0.1, 0.15) is 6.10 Å². The van der Waals surface area contributed by atoms with E-state index in [2.05, 4.69) is 18.8 Å². The highest BCUT2D eigenvalue weighted by Gasteiger charge is 1.86. The lowest BCUT2D eigenvalue weighted by molar-refractivity contribution is 0.280. The van der Waals surface area contributed by atoms with Gasteiger partial charge >= 0.3 is 0 Å². The molecule has 1 atom stereocenters. The summed E-state index contributed by atoms with van der Waals surface area (Å²) in [5, 5.41) is 9.02. The largest absolute Gasteiger partial charge is 0.377 e. The molecule has 0 aromatic carbocycles. The zero-order chi connectivity index (χ0) is 7.82. The van der Waals surface area contributed by atoms with Crippen molar-refractivity contribution >= 4 is 0 Å². The maximum Gasteiger partial charge on any atom is 0.133 e. The highest BCUT2D eigenvalue weighted by molar-refractivity contribution is 5.11. The first-order valence-corrected chi connectivity index (χ1v) is 3.60. The van der Waals surface area contributed by atoms with Gasteiger partial charge < -0.3 is 5.11 Å². The molecular formula is C9H14O. The molecule has 0 aromatic heterocycles. The number of unbranched alkanes of at least 4 members (excludes halogenated alkanes) is 1. The van der Waals surface area contributed by atoms with E-state index < -0.39 is 6.10 Å². The zero-order valence-corrected chi connectivity index (χ0v) is 6.59. The second-order valence-electron chi connectivity index (χ2n) is 2.04. The minimum Gasteiger partial charge on any atom is -0.377 e. The molecule has 10 heavy (non-hydrogen) atoms. The third kappa shape index (κ3) is 5.40. The van der Waals surface area contributed by atoms with E-state index in [1.54, 1.807) is 12.2 Å². The van der Waals surface area contributed by atoms with Crippen molar-refractivity contribution < 1.29 is 5.11 Å². The van der Waals surface area contributed by atoms with Gasteiger partial charge in [0.25, 0.3) is 0 Å². The van der Waals surface area contributed by atoms with Crippen molar-refractivity contribution in [3.05, 3.63) is 12.2 Å². The van der Waals surface area contributed by atoms with E-state index in [1.165, 1.54) is 0 Å². The third-order valence-electron chi connectivity index (χ3n) is 1.000. The summed E-state index contributed by atoms with van der Waals surface area (Å²) in [5.41, 5.74) is 0. The molecule has 1 unspecified atom stereocenters. The predicted molar refractivity (Wildman–Crippen MR) is 43.5 cm³/mol. The van der Waals surface area contributed by atoms with Crippen molar-refractivity contribution in [2.24, 2.45) is 0 Å². The summed E-state index contributed by atoms with van der Waals surface area (Å²) in [5.74, 6) is 5.57. The van der Waals surface area contributed by atoms with E-state index in [0.29, 0.717) is 0 Å². The Bertz CT molecular complexity index is 148. The summed E-state index contributed by atoms with van der Waals surface area (Å²) in [4.78, 5) is 0. The summed E-state index contributed by atoms with van der Waals surface area (Å²) in [6.07, 6.45) is 4.81. The van der Waals surface area contributed by atoms with Gasteiger partial charge in [0.15, 0.2) is 0 Å². The Morgan fingerprint density at radius 3 is 2.80 bits per heavy atom. The fraction of sp³-hybridized carbons (Fsp3) is 0.556. The standard InChI is InChI=1S/C9H14O/c1-3-5-6-8-9(10)7-4-2/h4,7,9-10H,3,5H2,1-2H3/b7-4+. The van der Waals surface area contributed by atoms with Gasteiger partial charge in [-0.3, -0.25) is 0 Å². The normalized spacial score (nSPS) is 12.7. The topological polar surface area (TPSA) is 20.2 Å². The van der Waals surface area contributed by atoms with Gasteiger partial charge in [0.2, 0.25) is 0 Å². The fourth-order valence-electron chi connectivity index (χ4n) is 0.532. The number of aliphatic hydroxyl groups excluding tert-OH is 1. The minimum absolute atomic E-state index is 0.573. The van der Waals surface area contributed by atoms with Gasteiger partial charge in [-0.25, -0.2) is 0 Å². The molecule has 1 N–H and O–H groups in total. The van der Waals surface area contributed by atoms with E-state index in [1.807, 2.05) is 6.92 Å². The molecule has 0 bridgehead atoms. The quantitative estimate of drug-likeness (QED) is 0.455. The summed E-state index contributed by atoms with van der Waals surface area (Å²) in [7, 11) is 0. The lowest BCUT2D eigenvalue weighted by Gasteiger charge is -1.89. The molecule has 0 aromatic rings. The van der Waals surface area contributed by atoms with Gasteiger partial charge in [0, 0.05) is 6.42 Å². The van der Waals surface area contributed by atoms with Crippen LogP contribution in [0.1, 0.15) is 26.7 Å². The summed E-state index contributed by atoms with van der Waals surface area (Å²) in [6, 6.07) is 0. The number of hydrogen-bond donors (Lipinski definition) is 1. The Kier molecular flexibility index (Phi) is 5.91. The molecule has 56 valence electrons. The van der Waals surface area contributed by atoms with Gasteiger partial charge in [0.05, 0.1) is 0 Å². The van der Waals surface area contributed by atoms with Crippen LogP contribution in [-0.4, -0.2) is 11.2 Å². The highest BCUT2D eigenvalue weighted by atomic mass is 16.3. The molecule has 0 saturated carbocycles. The number of allylic oxidation sites excluding steroid dienone is 1. The Balaban J connectivity index is 3.57. The first-order valence-electron chi connectivity index (χ1n) is 3.60. The van der Waals surface area contributed by atoms with Crippen molar-refractivity contribution in [3.8, 4) is 11.8 Å². The van der Waals surface area contributed by atoms with Gasteiger partial charge in [-0.05, 0) is 19.4 Å². The molecule has 0 fully saturated rings. The molecule has 0 amide bonds. The van der Waals surface area contributed by atoms with Crippen LogP contribution in [-0.2, 0) is 0 Å². The molecule has 0 aliphatic rings. The van der Waals surface area contributed by atoms with Crippen LogP contribution < -0.4 is 0 Å². The fourth-order valence-corrected chi connectivity index (χ4v) is 0.532. The lowest BCUT2D eigenvalue weighted by Crippen LogP contribution is -1.95. The van der Waals surface area contributed by atoms with Crippen LogP contribution in [0.25, 0.3) is 0 Å². The monoisotopic (exact) mass is 138 g/mol. The molecule has 0 saturated heterocycles. The van der Waals surface area contributed by atoms with Gasteiger partial charge in [-0.15, -0.1) is 5.92 Å². The molecule has 0 aliphatic heterocycles. The molecule has 0 heterocycles. The minimum atomic E-state index is -0.573. The first-order chi connectivity index (χ1) is 4.81. The van der Waals surface area contributed by atoms with Crippen molar-refractivity contribution in [3.63, 3.8) is 0 Å². The van der Waals surface area contributed by atoms with Gasteiger partial charge in [-0.2, -0.15) is 0 Å². The second kappa shape index (κ2) is 6.38. The first kappa shape index (κ1) is 9.26. The third-order valence-corrected chi connectivity index (χ3v) is 1.000. The average molecular weight is 138 g/mol. The van der Waals surface area contributed by atoms with Crippen molar-refractivity contribution in [1.82, 2.24) is 0 Å². The number of rotatable bonds is 2. The van der Waals surface area contributed by atoms with E-state index >= 15 is 0 Å². The van der Waals surface area contributed by atoms with Crippen LogP contribution >= 0.6 is 0 Å². The van der Waals surface area contributed by atoms with Crippen LogP contribution in [0, 0.1) is 11.8 Å². The van der Waals surface area contributed by atoms with Crippen molar-refractivity contribution in [2.75, 3.05) is 0 Å². The zero-order valence-electron chi connectivity index (χ0n) is 6.59. The average Bonchev–Trinajstić information content (AvgIpc) is 1.89. The lowest BCUT2D eigenvalue weighted by atomic mass is 10.3. The summed E-state index contributed by atoms with van der Waals surface area (Å²) >= 11 is 0. The number of hydrogen-bond acceptors (Lipinski definition) is 1. The molecule has 0 spiro atoms. The molecule has 0 aliphatic carbocycles. The Hall–Kier alpha value is -0.740. The van der Waals surface area contributed by atoms with Gasteiger partial charge in [-0.1, -0.05) is 18.9 Å². The van der Waals surface area contributed by atoms with Crippen LogP contribution in [0.4, 0.5) is 0 Å². The van der Waals surface area contributed by atoms with Crippen molar-refractivity contribution in [2.45, 2.75) is 32.8 Å². The summed E-state index contributed by atoms with van der Waals surface area (Å²) in [6.45, 7) is 3.93.